The van der Waals surface area contributed by atoms with Gasteiger partial charge >= 0.3 is 0 Å². The Morgan fingerprint density at radius 2 is 1.97 bits per heavy atom. The highest BCUT2D eigenvalue weighted by atomic mass is 32.2. The maximum atomic E-state index is 13.5. The molecule has 1 fully saturated rings. The summed E-state index contributed by atoms with van der Waals surface area (Å²) in [5.74, 6) is -0.288. The third-order valence-electron chi connectivity index (χ3n) is 5.94. The Labute approximate surface area is 188 Å². The molecule has 0 spiro atoms. The molecule has 1 atom stereocenters. The first-order valence-corrected chi connectivity index (χ1v) is 12.6. The van der Waals surface area contributed by atoms with Gasteiger partial charge in [0.25, 0.3) is 0 Å². The monoisotopic (exact) mass is 455 g/mol. The maximum Gasteiger partial charge on any atom is 0.243 e. The van der Waals surface area contributed by atoms with Crippen molar-refractivity contribution in [2.75, 3.05) is 11.9 Å². The summed E-state index contributed by atoms with van der Waals surface area (Å²) in [7, 11) is -3.86. The fourth-order valence-corrected chi connectivity index (χ4v) is 5.92. The Balaban J connectivity index is 1.62. The highest BCUT2D eigenvalue weighted by Gasteiger charge is 2.38. The van der Waals surface area contributed by atoms with E-state index in [9.17, 15) is 13.2 Å². The number of rotatable bonds is 7. The van der Waals surface area contributed by atoms with Crippen LogP contribution >= 0.6 is 0 Å². The van der Waals surface area contributed by atoms with Crippen LogP contribution in [0.25, 0.3) is 11.0 Å². The summed E-state index contributed by atoms with van der Waals surface area (Å²) in [6.07, 6.45) is 3.72. The van der Waals surface area contributed by atoms with Gasteiger partial charge in [-0.15, -0.1) is 5.10 Å². The smallest absolute Gasteiger partial charge is 0.243 e. The van der Waals surface area contributed by atoms with Crippen LogP contribution in [0.1, 0.15) is 45.1 Å². The van der Waals surface area contributed by atoms with Crippen LogP contribution in [0.5, 0.6) is 0 Å². The summed E-state index contributed by atoms with van der Waals surface area (Å²) < 4.78 is 30.2. The minimum absolute atomic E-state index is 0.141. The molecule has 32 heavy (non-hydrogen) atoms. The number of piperidine rings is 1. The highest BCUT2D eigenvalue weighted by Crippen LogP contribution is 2.28. The number of anilines is 1. The molecule has 9 heteroatoms. The Bertz CT molecular complexity index is 1220. The van der Waals surface area contributed by atoms with Crippen molar-refractivity contribution in [1.29, 1.82) is 0 Å². The second-order valence-corrected chi connectivity index (χ2v) is 9.98. The zero-order chi connectivity index (χ0) is 22.7. The van der Waals surface area contributed by atoms with E-state index in [2.05, 4.69) is 15.6 Å². The molecule has 1 amide bonds. The predicted octanol–water partition coefficient (Wildman–Crippen LogP) is 3.59. The second-order valence-electron chi connectivity index (χ2n) is 8.09. The number of sulfonamides is 1. The first kappa shape index (κ1) is 22.4. The number of carbonyl (C=O) groups is 1. The van der Waals surface area contributed by atoms with Crippen molar-refractivity contribution in [1.82, 2.24) is 19.3 Å². The zero-order valence-corrected chi connectivity index (χ0v) is 19.3. The number of para-hydroxylation sites is 1. The topological polar surface area (TPSA) is 97.2 Å². The standard InChI is InChI=1S/C23H29N5O3S/c1-3-14-27-21-13-12-18(16-20(21)25-26-27)32(30,31)28-15-8-7-11-22(28)23(29)24-19-10-6-5-9-17(19)4-2/h5-6,9-10,12-13,16,22H,3-4,7-8,11,14-15H2,1-2H3,(H,24,29)/t22-/m0/s1. The number of benzene rings is 2. The minimum atomic E-state index is -3.86. The number of hydrogen-bond donors (Lipinski definition) is 1. The SMILES string of the molecule is CCCn1nnc2cc(S(=O)(=O)N3CCCC[C@H]3C(=O)Nc3ccccc3CC)ccc21. The highest BCUT2D eigenvalue weighted by molar-refractivity contribution is 7.89. The molecule has 0 saturated carbocycles. The van der Waals surface area contributed by atoms with Crippen LogP contribution in [0, 0.1) is 0 Å². The van der Waals surface area contributed by atoms with E-state index < -0.39 is 16.1 Å². The van der Waals surface area contributed by atoms with Gasteiger partial charge in [-0.05, 0) is 55.5 Å². The predicted molar refractivity (Wildman–Crippen MR) is 124 cm³/mol. The molecule has 8 nitrogen and oxygen atoms in total. The molecule has 4 rings (SSSR count). The van der Waals surface area contributed by atoms with Crippen molar-refractivity contribution in [3.63, 3.8) is 0 Å². The Hall–Kier alpha value is -2.78. The van der Waals surface area contributed by atoms with Crippen molar-refractivity contribution in [3.8, 4) is 0 Å². The number of fused-ring (bicyclic) bond motifs is 1. The fraction of sp³-hybridized carbons (Fsp3) is 0.435. The average molecular weight is 456 g/mol. The Morgan fingerprint density at radius 1 is 1.16 bits per heavy atom. The summed E-state index contributed by atoms with van der Waals surface area (Å²) in [4.78, 5) is 13.3. The van der Waals surface area contributed by atoms with E-state index in [-0.39, 0.29) is 10.8 Å². The normalized spacial score (nSPS) is 17.5. The van der Waals surface area contributed by atoms with E-state index in [1.807, 2.05) is 38.1 Å². The lowest BCUT2D eigenvalue weighted by Gasteiger charge is -2.33. The molecule has 1 aliphatic rings. The van der Waals surface area contributed by atoms with Gasteiger partial charge in [0.1, 0.15) is 11.6 Å². The largest absolute Gasteiger partial charge is 0.324 e. The van der Waals surface area contributed by atoms with E-state index in [1.54, 1.807) is 22.9 Å². The summed E-state index contributed by atoms with van der Waals surface area (Å²) in [6, 6.07) is 11.8. The van der Waals surface area contributed by atoms with Gasteiger partial charge in [0, 0.05) is 18.8 Å². The summed E-state index contributed by atoms with van der Waals surface area (Å²) in [5, 5.41) is 11.2. The van der Waals surface area contributed by atoms with E-state index in [1.165, 1.54) is 4.31 Å². The first-order chi connectivity index (χ1) is 15.5. The number of nitrogens with zero attached hydrogens (tertiary/aromatic N) is 4. The zero-order valence-electron chi connectivity index (χ0n) is 18.5. The van der Waals surface area contributed by atoms with Gasteiger partial charge in [-0.2, -0.15) is 4.31 Å². The first-order valence-electron chi connectivity index (χ1n) is 11.2. The van der Waals surface area contributed by atoms with Gasteiger partial charge in [-0.1, -0.05) is 43.7 Å². The van der Waals surface area contributed by atoms with Crippen LogP contribution < -0.4 is 5.32 Å². The van der Waals surface area contributed by atoms with Crippen LogP contribution in [0.3, 0.4) is 0 Å². The lowest BCUT2D eigenvalue weighted by molar-refractivity contribution is -0.120. The summed E-state index contributed by atoms with van der Waals surface area (Å²) >= 11 is 0. The molecule has 170 valence electrons. The quantitative estimate of drug-likeness (QED) is 0.587. The third-order valence-corrected chi connectivity index (χ3v) is 7.84. The molecule has 1 N–H and O–H groups in total. The van der Waals surface area contributed by atoms with Crippen LogP contribution in [0.2, 0.25) is 0 Å². The number of amides is 1. The van der Waals surface area contributed by atoms with Crippen molar-refractivity contribution in [2.24, 2.45) is 0 Å². The van der Waals surface area contributed by atoms with Crippen LogP contribution in [-0.2, 0) is 27.8 Å². The summed E-state index contributed by atoms with van der Waals surface area (Å²) in [5.41, 5.74) is 3.09. The Kier molecular flexibility index (Phi) is 6.57. The van der Waals surface area contributed by atoms with E-state index in [0.717, 1.165) is 49.0 Å². The fourth-order valence-electron chi connectivity index (χ4n) is 4.25. The molecule has 1 aliphatic heterocycles. The molecule has 1 aromatic heterocycles. The van der Waals surface area contributed by atoms with Gasteiger partial charge in [0.2, 0.25) is 15.9 Å². The van der Waals surface area contributed by atoms with E-state index >= 15 is 0 Å². The minimum Gasteiger partial charge on any atom is -0.324 e. The van der Waals surface area contributed by atoms with Gasteiger partial charge in [0.05, 0.1) is 10.4 Å². The third kappa shape index (κ3) is 4.27. The van der Waals surface area contributed by atoms with Crippen molar-refractivity contribution in [3.05, 3.63) is 48.0 Å². The van der Waals surface area contributed by atoms with Crippen LogP contribution in [0.15, 0.2) is 47.4 Å². The number of aryl methyl sites for hydroxylation is 2. The van der Waals surface area contributed by atoms with Gasteiger partial charge < -0.3 is 5.32 Å². The molecular formula is C23H29N5O3S. The summed E-state index contributed by atoms with van der Waals surface area (Å²) in [6.45, 7) is 5.11. The van der Waals surface area contributed by atoms with E-state index in [4.69, 9.17) is 0 Å². The number of aromatic nitrogens is 3. The molecular weight excluding hydrogens is 426 g/mol. The second kappa shape index (κ2) is 9.38. The van der Waals surface area contributed by atoms with Gasteiger partial charge in [-0.3, -0.25) is 4.79 Å². The van der Waals surface area contributed by atoms with Crippen molar-refractivity contribution in [2.45, 2.75) is 63.4 Å². The number of hydrogen-bond acceptors (Lipinski definition) is 5. The molecule has 2 aromatic carbocycles. The maximum absolute atomic E-state index is 13.5. The number of carbonyl (C=O) groups excluding carboxylic acids is 1. The lowest BCUT2D eigenvalue weighted by atomic mass is 10.0. The van der Waals surface area contributed by atoms with Gasteiger partial charge in [-0.25, -0.2) is 13.1 Å². The molecule has 1 saturated heterocycles. The molecule has 2 heterocycles. The number of nitrogens with one attached hydrogen (secondary N) is 1. The molecule has 0 aliphatic carbocycles. The van der Waals surface area contributed by atoms with Gasteiger partial charge in [0.15, 0.2) is 0 Å². The molecule has 3 aromatic rings. The van der Waals surface area contributed by atoms with Crippen LogP contribution in [-0.4, -0.2) is 46.2 Å². The van der Waals surface area contributed by atoms with E-state index in [0.29, 0.717) is 18.5 Å². The van der Waals surface area contributed by atoms with Crippen molar-refractivity contribution < 1.29 is 13.2 Å². The average Bonchev–Trinajstić information content (AvgIpc) is 3.22. The van der Waals surface area contributed by atoms with Crippen LogP contribution in [0.4, 0.5) is 5.69 Å². The van der Waals surface area contributed by atoms with Crippen molar-refractivity contribution >= 4 is 32.7 Å². The molecule has 0 unspecified atom stereocenters. The molecule has 0 bridgehead atoms. The molecule has 0 radical (unpaired) electrons. The Morgan fingerprint density at radius 3 is 2.75 bits per heavy atom. The lowest BCUT2D eigenvalue weighted by Crippen LogP contribution is -2.49.